The van der Waals surface area contributed by atoms with Gasteiger partial charge in [0.15, 0.2) is 0 Å². The molecule has 118 valence electrons. The van der Waals surface area contributed by atoms with E-state index in [0.29, 0.717) is 17.7 Å². The Hall–Kier alpha value is -0.710. The molecule has 0 aliphatic carbocycles. The Bertz CT molecular complexity index is 481. The molecule has 2 unspecified atom stereocenters. The molecule has 2 rings (SSSR count). The van der Waals surface area contributed by atoms with Crippen molar-refractivity contribution in [2.75, 3.05) is 18.8 Å². The fourth-order valence-corrected chi connectivity index (χ4v) is 3.42. The molecular weight excluding hydrogens is 304 g/mol. The number of carbonyl (C=O) groups is 1. The topological polar surface area (TPSA) is 41.1 Å². The second-order valence-corrected chi connectivity index (χ2v) is 6.72. The third-order valence-electron chi connectivity index (χ3n) is 3.83. The van der Waals surface area contributed by atoms with E-state index >= 15 is 0 Å². The van der Waals surface area contributed by atoms with E-state index in [2.05, 4.69) is 49.6 Å². The fraction of sp³-hybridized carbons (Fsp3) is 0.562. The fourth-order valence-electron chi connectivity index (χ4n) is 2.48. The molecule has 1 aliphatic heterocycles. The molecule has 0 bridgehead atoms. The number of nitrogens with one attached hydrogen (secondary N) is 2. The second-order valence-electron chi connectivity index (χ2n) is 5.70. The number of carbonyl (C=O) groups excluding carboxylic acids is 1. The van der Waals surface area contributed by atoms with Crippen LogP contribution < -0.4 is 10.6 Å². The summed E-state index contributed by atoms with van der Waals surface area (Å²) in [5.41, 5.74) is 2.48. The number of hydrogen-bond donors (Lipinski definition) is 2. The smallest absolute Gasteiger partial charge is 0.230 e. The molecule has 21 heavy (non-hydrogen) atoms. The average molecular weight is 329 g/mol. The van der Waals surface area contributed by atoms with E-state index in [9.17, 15) is 4.79 Å². The maximum Gasteiger partial charge on any atom is 0.230 e. The van der Waals surface area contributed by atoms with Gasteiger partial charge in [-0.2, -0.15) is 0 Å². The molecule has 2 N–H and O–H groups in total. The number of benzene rings is 1. The van der Waals surface area contributed by atoms with Crippen LogP contribution in [0.5, 0.6) is 0 Å². The number of rotatable bonds is 4. The Morgan fingerprint density at radius 1 is 1.43 bits per heavy atom. The van der Waals surface area contributed by atoms with Crippen molar-refractivity contribution in [1.29, 1.82) is 0 Å². The molecule has 0 saturated carbocycles. The molecule has 2 atom stereocenters. The van der Waals surface area contributed by atoms with Gasteiger partial charge in [-0.05, 0) is 50.9 Å². The first-order valence-electron chi connectivity index (χ1n) is 7.26. The number of piperidine rings is 1. The zero-order valence-electron chi connectivity index (χ0n) is 12.9. The van der Waals surface area contributed by atoms with Gasteiger partial charge in [-0.3, -0.25) is 4.79 Å². The SMILES string of the molecule is Cc1ccc(C)c(SCC(=O)NC2CCNCC2C)c1.Cl. The molecule has 1 aromatic rings. The standard InChI is InChI=1S/C16H24N2OS.ClH/c1-11-4-5-12(2)15(8-11)20-10-16(19)18-14-6-7-17-9-13(14)3;/h4-5,8,13-14,17H,6-7,9-10H2,1-3H3,(H,18,19);1H. The van der Waals surface area contributed by atoms with Gasteiger partial charge in [0.1, 0.15) is 0 Å². The van der Waals surface area contributed by atoms with Crippen LogP contribution in [0, 0.1) is 19.8 Å². The quantitative estimate of drug-likeness (QED) is 0.835. The predicted octanol–water partition coefficient (Wildman–Crippen LogP) is 2.93. The Kier molecular flexibility index (Phi) is 7.57. The largest absolute Gasteiger partial charge is 0.352 e. The Morgan fingerprint density at radius 2 is 2.19 bits per heavy atom. The van der Waals surface area contributed by atoms with E-state index in [1.807, 2.05) is 0 Å². The minimum atomic E-state index is 0. The summed E-state index contributed by atoms with van der Waals surface area (Å²) in [6, 6.07) is 6.70. The summed E-state index contributed by atoms with van der Waals surface area (Å²) in [5, 5.41) is 6.53. The lowest BCUT2D eigenvalue weighted by molar-refractivity contribution is -0.119. The van der Waals surface area contributed by atoms with Crippen molar-refractivity contribution in [2.24, 2.45) is 5.92 Å². The summed E-state index contributed by atoms with van der Waals surface area (Å²) < 4.78 is 0. The highest BCUT2D eigenvalue weighted by molar-refractivity contribution is 8.00. The van der Waals surface area contributed by atoms with Crippen molar-refractivity contribution in [1.82, 2.24) is 10.6 Å². The maximum atomic E-state index is 12.1. The van der Waals surface area contributed by atoms with Crippen LogP contribution in [0.4, 0.5) is 0 Å². The number of thioether (sulfide) groups is 1. The van der Waals surface area contributed by atoms with Crippen molar-refractivity contribution >= 4 is 30.1 Å². The van der Waals surface area contributed by atoms with E-state index < -0.39 is 0 Å². The number of aryl methyl sites for hydroxylation is 2. The zero-order chi connectivity index (χ0) is 14.5. The van der Waals surface area contributed by atoms with Gasteiger partial charge in [0.25, 0.3) is 0 Å². The van der Waals surface area contributed by atoms with Crippen LogP contribution in [0.2, 0.25) is 0 Å². The summed E-state index contributed by atoms with van der Waals surface area (Å²) in [5.74, 6) is 1.16. The normalized spacial score (nSPS) is 21.5. The predicted molar refractivity (Wildman–Crippen MR) is 92.5 cm³/mol. The molecule has 0 aromatic heterocycles. The van der Waals surface area contributed by atoms with Crippen molar-refractivity contribution in [2.45, 2.75) is 38.1 Å². The lowest BCUT2D eigenvalue weighted by Gasteiger charge is -2.30. The van der Waals surface area contributed by atoms with Gasteiger partial charge in [0.2, 0.25) is 5.91 Å². The lowest BCUT2D eigenvalue weighted by Crippen LogP contribution is -2.48. The highest BCUT2D eigenvalue weighted by Gasteiger charge is 2.22. The van der Waals surface area contributed by atoms with Crippen LogP contribution in [0.25, 0.3) is 0 Å². The first-order valence-corrected chi connectivity index (χ1v) is 8.25. The van der Waals surface area contributed by atoms with Crippen LogP contribution in [0.3, 0.4) is 0 Å². The molecule has 0 spiro atoms. The molecule has 1 aromatic carbocycles. The molecular formula is C16H25ClN2OS. The summed E-state index contributed by atoms with van der Waals surface area (Å²) in [4.78, 5) is 13.3. The minimum Gasteiger partial charge on any atom is -0.352 e. The average Bonchev–Trinajstić information content (AvgIpc) is 2.42. The molecule has 0 radical (unpaired) electrons. The van der Waals surface area contributed by atoms with Crippen LogP contribution >= 0.6 is 24.2 Å². The van der Waals surface area contributed by atoms with Crippen LogP contribution in [0.1, 0.15) is 24.5 Å². The third kappa shape index (κ3) is 5.53. The molecule has 5 heteroatoms. The van der Waals surface area contributed by atoms with E-state index in [4.69, 9.17) is 0 Å². The Balaban J connectivity index is 0.00000220. The first-order chi connectivity index (χ1) is 9.56. The minimum absolute atomic E-state index is 0. The van der Waals surface area contributed by atoms with Crippen molar-refractivity contribution < 1.29 is 4.79 Å². The van der Waals surface area contributed by atoms with Gasteiger partial charge in [-0.25, -0.2) is 0 Å². The highest BCUT2D eigenvalue weighted by Crippen LogP contribution is 2.23. The van der Waals surface area contributed by atoms with E-state index in [-0.39, 0.29) is 18.3 Å². The van der Waals surface area contributed by atoms with Gasteiger partial charge in [0.05, 0.1) is 5.75 Å². The summed E-state index contributed by atoms with van der Waals surface area (Å²) in [6.45, 7) is 8.36. The van der Waals surface area contributed by atoms with Crippen molar-refractivity contribution in [3.63, 3.8) is 0 Å². The molecule has 1 heterocycles. The molecule has 1 aliphatic rings. The number of amides is 1. The van der Waals surface area contributed by atoms with Crippen LogP contribution in [-0.2, 0) is 4.79 Å². The van der Waals surface area contributed by atoms with Gasteiger partial charge >= 0.3 is 0 Å². The summed E-state index contributed by atoms with van der Waals surface area (Å²) >= 11 is 1.63. The van der Waals surface area contributed by atoms with E-state index in [1.165, 1.54) is 16.0 Å². The molecule has 1 amide bonds. The van der Waals surface area contributed by atoms with Gasteiger partial charge in [-0.1, -0.05) is 24.6 Å². The number of halogens is 1. The molecule has 3 nitrogen and oxygen atoms in total. The van der Waals surface area contributed by atoms with Crippen LogP contribution in [-0.4, -0.2) is 30.8 Å². The Morgan fingerprint density at radius 3 is 2.90 bits per heavy atom. The summed E-state index contributed by atoms with van der Waals surface area (Å²) in [7, 11) is 0. The van der Waals surface area contributed by atoms with Crippen molar-refractivity contribution in [3.05, 3.63) is 29.3 Å². The van der Waals surface area contributed by atoms with E-state index in [0.717, 1.165) is 19.5 Å². The van der Waals surface area contributed by atoms with Crippen molar-refractivity contribution in [3.8, 4) is 0 Å². The lowest BCUT2D eigenvalue weighted by atomic mass is 9.95. The van der Waals surface area contributed by atoms with Crippen LogP contribution in [0.15, 0.2) is 23.1 Å². The maximum absolute atomic E-state index is 12.1. The third-order valence-corrected chi connectivity index (χ3v) is 4.99. The second kappa shape index (κ2) is 8.66. The first kappa shape index (κ1) is 18.3. The van der Waals surface area contributed by atoms with Gasteiger partial charge < -0.3 is 10.6 Å². The van der Waals surface area contributed by atoms with E-state index in [1.54, 1.807) is 11.8 Å². The number of hydrogen-bond acceptors (Lipinski definition) is 3. The summed E-state index contributed by atoms with van der Waals surface area (Å²) in [6.07, 6.45) is 1.03. The van der Waals surface area contributed by atoms with Gasteiger partial charge in [-0.15, -0.1) is 24.2 Å². The molecule has 1 fully saturated rings. The molecule has 1 saturated heterocycles. The Labute approximate surface area is 138 Å². The van der Waals surface area contributed by atoms with Gasteiger partial charge in [0, 0.05) is 10.9 Å². The zero-order valence-corrected chi connectivity index (χ0v) is 14.6. The monoisotopic (exact) mass is 328 g/mol. The highest BCUT2D eigenvalue weighted by atomic mass is 35.5.